The molecule has 0 aliphatic heterocycles. The predicted molar refractivity (Wildman–Crippen MR) is 148 cm³/mol. The van der Waals surface area contributed by atoms with Gasteiger partial charge in [-0.15, -0.1) is 0 Å². The van der Waals surface area contributed by atoms with E-state index in [1.807, 2.05) is 26.8 Å². The van der Waals surface area contributed by atoms with Crippen molar-refractivity contribution in [1.29, 1.82) is 0 Å². The van der Waals surface area contributed by atoms with Crippen LogP contribution in [0.4, 0.5) is 11.4 Å². The van der Waals surface area contributed by atoms with E-state index in [2.05, 4.69) is 43.1 Å². The third-order valence-electron chi connectivity index (χ3n) is 6.27. The summed E-state index contributed by atoms with van der Waals surface area (Å²) in [5.74, 6) is -0.00268. The molecule has 0 spiro atoms. The number of hydrogen-bond acceptors (Lipinski definition) is 3. The number of H-pyrrole nitrogens is 1. The van der Waals surface area contributed by atoms with Gasteiger partial charge in [-0.2, -0.15) is 0 Å². The number of halogens is 2. The van der Waals surface area contributed by atoms with Gasteiger partial charge in [-0.05, 0) is 41.3 Å². The van der Waals surface area contributed by atoms with E-state index < -0.39 is 15.4 Å². The molecule has 4 rings (SSSR count). The number of fused-ring (bicyclic) bond motifs is 3. The fourth-order valence-corrected chi connectivity index (χ4v) is 5.97. The molecule has 0 radical (unpaired) electrons. The summed E-state index contributed by atoms with van der Waals surface area (Å²) in [6, 6.07) is 13.0. The summed E-state index contributed by atoms with van der Waals surface area (Å²) in [4.78, 5) is 3.49. The number of anilines is 2. The molecule has 0 saturated carbocycles. The first-order valence-electron chi connectivity index (χ1n) is 11.6. The van der Waals surface area contributed by atoms with E-state index in [1.54, 1.807) is 6.92 Å². The lowest BCUT2D eigenvalue weighted by molar-refractivity contribution is 0.475. The Hall–Kier alpha value is -2.41. The zero-order valence-corrected chi connectivity index (χ0v) is 23.0. The largest absolute Gasteiger partial charge is 0.506 e. The Morgan fingerprint density at radius 1 is 1.03 bits per heavy atom. The van der Waals surface area contributed by atoms with Crippen LogP contribution in [0.25, 0.3) is 21.7 Å². The van der Waals surface area contributed by atoms with Crippen molar-refractivity contribution in [2.24, 2.45) is 0 Å². The number of aromatic amines is 1. The summed E-state index contributed by atoms with van der Waals surface area (Å²) >= 11 is 12.8. The van der Waals surface area contributed by atoms with Gasteiger partial charge in [0, 0.05) is 28.1 Å². The summed E-state index contributed by atoms with van der Waals surface area (Å²) < 4.78 is 28.7. The molecular weight excluding hydrogens is 503 g/mol. The lowest BCUT2D eigenvalue weighted by atomic mass is 9.90. The molecule has 8 heteroatoms. The average molecular weight is 534 g/mol. The molecule has 4 aromatic rings. The van der Waals surface area contributed by atoms with E-state index in [0.29, 0.717) is 11.6 Å². The van der Waals surface area contributed by atoms with Gasteiger partial charge in [-0.25, -0.2) is 12.7 Å². The third kappa shape index (κ3) is 4.48. The summed E-state index contributed by atoms with van der Waals surface area (Å²) in [6.07, 6.45) is 0. The molecule has 0 saturated heterocycles. The Labute approximate surface area is 216 Å². The minimum absolute atomic E-state index is 0.0179. The molecule has 1 aromatic heterocycles. The van der Waals surface area contributed by atoms with Crippen LogP contribution in [-0.4, -0.2) is 24.3 Å². The van der Waals surface area contributed by atoms with Crippen molar-refractivity contribution in [3.63, 3.8) is 0 Å². The van der Waals surface area contributed by atoms with Crippen molar-refractivity contribution in [1.82, 2.24) is 4.98 Å². The maximum atomic E-state index is 13.7. The van der Waals surface area contributed by atoms with E-state index >= 15 is 0 Å². The van der Waals surface area contributed by atoms with E-state index in [4.69, 9.17) is 23.2 Å². The van der Waals surface area contributed by atoms with Crippen LogP contribution in [0.2, 0.25) is 10.0 Å². The number of benzene rings is 3. The number of aromatic hydroxyl groups is 1. The second kappa shape index (κ2) is 8.91. The highest BCUT2D eigenvalue weighted by atomic mass is 35.5. The van der Waals surface area contributed by atoms with Gasteiger partial charge in [0.15, 0.2) is 0 Å². The van der Waals surface area contributed by atoms with Crippen molar-refractivity contribution in [3.05, 3.63) is 63.8 Å². The lowest BCUT2D eigenvalue weighted by Crippen LogP contribution is -2.30. The first-order chi connectivity index (χ1) is 16.3. The third-order valence-corrected chi connectivity index (χ3v) is 8.55. The minimum Gasteiger partial charge on any atom is -0.506 e. The molecule has 0 amide bonds. The SMILES string of the molecule is CCS(=O)(=O)N(c1cc(Cl)c(O)cc1Cl)c1c(C(C)(C)C)[nH]c2ccc3cc(C(C)C)ccc3c12. The van der Waals surface area contributed by atoms with Crippen LogP contribution in [0, 0.1) is 0 Å². The van der Waals surface area contributed by atoms with E-state index in [0.717, 1.165) is 27.4 Å². The Morgan fingerprint density at radius 2 is 1.71 bits per heavy atom. The van der Waals surface area contributed by atoms with E-state index in [1.165, 1.54) is 22.0 Å². The minimum atomic E-state index is -3.86. The molecular formula is C27H30Cl2N2O3S. The summed E-state index contributed by atoms with van der Waals surface area (Å²) in [5.41, 5.74) is 3.07. The standard InChI is InChI=1S/C27H30Cl2N2O3S/c1-7-35(33,34)31(22-13-20(29)23(32)14-19(22)28)25-24-18-10-8-16(15(2)3)12-17(18)9-11-21(24)30-26(25)27(4,5)6/h8-15,30,32H,7H2,1-6H3. The zero-order valence-electron chi connectivity index (χ0n) is 20.7. The number of phenolic OH excluding ortho intramolecular Hbond substituents is 1. The highest BCUT2D eigenvalue weighted by Gasteiger charge is 2.34. The molecule has 0 aliphatic rings. The topological polar surface area (TPSA) is 73.4 Å². The monoisotopic (exact) mass is 532 g/mol. The van der Waals surface area contributed by atoms with Gasteiger partial charge in [0.1, 0.15) is 5.75 Å². The normalized spacial score (nSPS) is 12.7. The second-order valence-corrected chi connectivity index (χ2v) is 13.1. The number of sulfonamides is 1. The Morgan fingerprint density at radius 3 is 2.31 bits per heavy atom. The van der Waals surface area contributed by atoms with Gasteiger partial charge in [-0.1, -0.05) is 82.1 Å². The molecule has 0 bridgehead atoms. The van der Waals surface area contributed by atoms with Crippen LogP contribution in [0.1, 0.15) is 58.7 Å². The van der Waals surface area contributed by atoms with Crippen molar-refractivity contribution in [2.45, 2.75) is 52.9 Å². The molecule has 0 fully saturated rings. The van der Waals surface area contributed by atoms with Gasteiger partial charge in [0.2, 0.25) is 10.0 Å². The van der Waals surface area contributed by atoms with Crippen LogP contribution in [0.3, 0.4) is 0 Å². The number of phenols is 1. The molecule has 186 valence electrons. The fraction of sp³-hybridized carbons (Fsp3) is 0.333. The first-order valence-corrected chi connectivity index (χ1v) is 13.9. The Balaban J connectivity index is 2.21. The molecule has 35 heavy (non-hydrogen) atoms. The van der Waals surface area contributed by atoms with Crippen molar-refractivity contribution < 1.29 is 13.5 Å². The maximum Gasteiger partial charge on any atom is 0.239 e. The molecule has 0 atom stereocenters. The average Bonchev–Trinajstić information content (AvgIpc) is 3.17. The quantitative estimate of drug-likeness (QED) is 0.271. The first kappa shape index (κ1) is 25.7. The molecule has 5 nitrogen and oxygen atoms in total. The Bertz CT molecular complexity index is 1550. The number of aromatic nitrogens is 1. The summed E-state index contributed by atoms with van der Waals surface area (Å²) in [7, 11) is -3.86. The lowest BCUT2D eigenvalue weighted by Gasteiger charge is -2.29. The van der Waals surface area contributed by atoms with Gasteiger partial charge in [0.25, 0.3) is 0 Å². The van der Waals surface area contributed by atoms with Gasteiger partial charge in [0.05, 0.1) is 27.2 Å². The number of hydrogen-bond donors (Lipinski definition) is 2. The van der Waals surface area contributed by atoms with Crippen LogP contribution in [0.15, 0.2) is 42.5 Å². The molecule has 2 N–H and O–H groups in total. The van der Waals surface area contributed by atoms with Crippen molar-refractivity contribution in [2.75, 3.05) is 10.1 Å². The van der Waals surface area contributed by atoms with Crippen LogP contribution < -0.4 is 4.31 Å². The molecule has 0 unspecified atom stereocenters. The number of rotatable bonds is 5. The maximum absolute atomic E-state index is 13.7. The summed E-state index contributed by atoms with van der Waals surface area (Å²) in [5, 5.41) is 12.9. The van der Waals surface area contributed by atoms with Crippen LogP contribution >= 0.6 is 23.2 Å². The second-order valence-electron chi connectivity index (χ2n) is 10.1. The predicted octanol–water partition coefficient (Wildman–Crippen LogP) is 8.24. The zero-order chi connectivity index (χ0) is 25.9. The summed E-state index contributed by atoms with van der Waals surface area (Å²) in [6.45, 7) is 12.0. The molecule has 3 aromatic carbocycles. The van der Waals surface area contributed by atoms with Crippen molar-refractivity contribution in [3.8, 4) is 5.75 Å². The van der Waals surface area contributed by atoms with Crippen molar-refractivity contribution >= 4 is 66.3 Å². The fourth-order valence-electron chi connectivity index (χ4n) is 4.35. The molecule has 0 aliphatic carbocycles. The van der Waals surface area contributed by atoms with Gasteiger partial charge in [-0.3, -0.25) is 0 Å². The van der Waals surface area contributed by atoms with E-state index in [-0.39, 0.29) is 27.2 Å². The highest BCUT2D eigenvalue weighted by molar-refractivity contribution is 7.93. The smallest absolute Gasteiger partial charge is 0.239 e. The van der Waals surface area contributed by atoms with E-state index in [9.17, 15) is 13.5 Å². The Kier molecular flexibility index (Phi) is 6.54. The molecule has 1 heterocycles. The van der Waals surface area contributed by atoms with Gasteiger partial charge < -0.3 is 10.1 Å². The number of nitrogens with zero attached hydrogens (tertiary/aromatic N) is 1. The highest BCUT2D eigenvalue weighted by Crippen LogP contribution is 2.48. The van der Waals surface area contributed by atoms with Crippen LogP contribution in [0.5, 0.6) is 5.75 Å². The number of nitrogens with one attached hydrogen (secondary N) is 1. The van der Waals surface area contributed by atoms with Crippen LogP contribution in [-0.2, 0) is 15.4 Å². The van der Waals surface area contributed by atoms with Gasteiger partial charge >= 0.3 is 0 Å².